The molecule has 0 aliphatic heterocycles. The Hall–Kier alpha value is -1.32. The number of benzene rings is 2. The van der Waals surface area contributed by atoms with Crippen LogP contribution in [0.4, 0.5) is 0 Å². The van der Waals surface area contributed by atoms with Crippen LogP contribution >= 0.6 is 15.9 Å². The summed E-state index contributed by atoms with van der Waals surface area (Å²) in [6.45, 7) is 0.611. The van der Waals surface area contributed by atoms with Gasteiger partial charge < -0.3 is 10.8 Å². The van der Waals surface area contributed by atoms with Crippen LogP contribution in [0.5, 0.6) is 5.75 Å². The normalized spacial score (nSPS) is 10.5. The van der Waals surface area contributed by atoms with Gasteiger partial charge in [0, 0.05) is 10.0 Å². The number of nitrogens with two attached hydrogens (primary N) is 1. The molecule has 0 bridgehead atoms. The maximum atomic E-state index is 9.93. The Labute approximate surface area is 109 Å². The van der Waals surface area contributed by atoms with Gasteiger partial charge in [-0.05, 0) is 42.3 Å². The highest BCUT2D eigenvalue weighted by Crippen LogP contribution is 2.34. The number of halogens is 1. The second-order valence-corrected chi connectivity index (χ2v) is 4.72. The van der Waals surface area contributed by atoms with Crippen LogP contribution in [0, 0.1) is 0 Å². The van der Waals surface area contributed by atoms with Crippen LogP contribution < -0.4 is 5.73 Å². The third-order valence-corrected chi connectivity index (χ3v) is 3.35. The summed E-state index contributed by atoms with van der Waals surface area (Å²) in [6, 6.07) is 13.5. The fourth-order valence-electron chi connectivity index (χ4n) is 1.80. The van der Waals surface area contributed by atoms with Gasteiger partial charge in [0.05, 0.1) is 0 Å². The molecule has 2 aromatic carbocycles. The van der Waals surface area contributed by atoms with E-state index in [1.54, 1.807) is 6.07 Å². The van der Waals surface area contributed by atoms with Gasteiger partial charge in [0.15, 0.2) is 0 Å². The van der Waals surface area contributed by atoms with E-state index in [0.29, 0.717) is 6.54 Å². The van der Waals surface area contributed by atoms with E-state index in [9.17, 15) is 5.11 Å². The number of hydrogen-bond acceptors (Lipinski definition) is 2. The predicted octanol–water partition coefficient (Wildman–Crippen LogP) is 3.32. The van der Waals surface area contributed by atoms with Crippen LogP contribution in [0.25, 0.3) is 11.1 Å². The first-order valence-electron chi connectivity index (χ1n) is 5.49. The molecule has 3 heteroatoms. The van der Waals surface area contributed by atoms with E-state index in [1.807, 2.05) is 36.4 Å². The molecule has 0 aliphatic carbocycles. The number of rotatable bonds is 3. The Kier molecular flexibility index (Phi) is 3.82. The SMILES string of the molecule is NCCc1ccc(O)c(-c2ccccc2Br)c1. The van der Waals surface area contributed by atoms with Crippen LogP contribution in [-0.2, 0) is 6.42 Å². The third kappa shape index (κ3) is 2.68. The first-order valence-corrected chi connectivity index (χ1v) is 6.28. The number of aromatic hydroxyl groups is 1. The summed E-state index contributed by atoms with van der Waals surface area (Å²) in [7, 11) is 0. The number of phenolic OH excluding ortho intramolecular Hbond substituents is 1. The van der Waals surface area contributed by atoms with E-state index < -0.39 is 0 Å². The molecule has 3 N–H and O–H groups in total. The standard InChI is InChI=1S/C14H14BrNO/c15-13-4-2-1-3-11(13)12-9-10(7-8-16)5-6-14(12)17/h1-6,9,17H,7-8,16H2. The van der Waals surface area contributed by atoms with Gasteiger partial charge in [-0.15, -0.1) is 0 Å². The first kappa shape index (κ1) is 12.1. The molecule has 0 aliphatic rings. The molecule has 0 aromatic heterocycles. The Morgan fingerprint density at radius 2 is 1.82 bits per heavy atom. The third-order valence-electron chi connectivity index (χ3n) is 2.66. The lowest BCUT2D eigenvalue weighted by molar-refractivity contribution is 0.477. The highest BCUT2D eigenvalue weighted by molar-refractivity contribution is 9.10. The molecule has 2 nitrogen and oxygen atoms in total. The van der Waals surface area contributed by atoms with E-state index in [1.165, 1.54) is 0 Å². The maximum absolute atomic E-state index is 9.93. The van der Waals surface area contributed by atoms with Crippen molar-refractivity contribution in [2.75, 3.05) is 6.54 Å². The smallest absolute Gasteiger partial charge is 0.123 e. The van der Waals surface area contributed by atoms with Crippen molar-refractivity contribution >= 4 is 15.9 Å². The maximum Gasteiger partial charge on any atom is 0.123 e. The molecule has 0 unspecified atom stereocenters. The molecule has 0 amide bonds. The molecule has 0 spiro atoms. The van der Waals surface area contributed by atoms with Crippen molar-refractivity contribution < 1.29 is 5.11 Å². The molecule has 0 radical (unpaired) electrons. The van der Waals surface area contributed by atoms with E-state index >= 15 is 0 Å². The van der Waals surface area contributed by atoms with Crippen LogP contribution in [-0.4, -0.2) is 11.7 Å². The lowest BCUT2D eigenvalue weighted by atomic mass is 10.0. The zero-order valence-electron chi connectivity index (χ0n) is 9.36. The summed E-state index contributed by atoms with van der Waals surface area (Å²) >= 11 is 3.49. The summed E-state index contributed by atoms with van der Waals surface area (Å²) in [4.78, 5) is 0. The largest absolute Gasteiger partial charge is 0.507 e. The summed E-state index contributed by atoms with van der Waals surface area (Å²) in [6.07, 6.45) is 0.817. The van der Waals surface area contributed by atoms with Gasteiger partial charge in [-0.1, -0.05) is 40.2 Å². The quantitative estimate of drug-likeness (QED) is 0.911. The Balaban J connectivity index is 2.51. The Morgan fingerprint density at radius 3 is 2.53 bits per heavy atom. The van der Waals surface area contributed by atoms with E-state index in [4.69, 9.17) is 5.73 Å². The van der Waals surface area contributed by atoms with Gasteiger partial charge in [0.25, 0.3) is 0 Å². The van der Waals surface area contributed by atoms with Crippen molar-refractivity contribution in [2.45, 2.75) is 6.42 Å². The average Bonchev–Trinajstić information content (AvgIpc) is 2.33. The fourth-order valence-corrected chi connectivity index (χ4v) is 2.30. The van der Waals surface area contributed by atoms with Crippen LogP contribution in [0.1, 0.15) is 5.56 Å². The van der Waals surface area contributed by atoms with Gasteiger partial charge in [-0.2, -0.15) is 0 Å². The fraction of sp³-hybridized carbons (Fsp3) is 0.143. The van der Waals surface area contributed by atoms with Gasteiger partial charge in [-0.3, -0.25) is 0 Å². The molecule has 2 aromatic rings. The zero-order chi connectivity index (χ0) is 12.3. The van der Waals surface area contributed by atoms with Gasteiger partial charge >= 0.3 is 0 Å². The minimum absolute atomic E-state index is 0.290. The van der Waals surface area contributed by atoms with Gasteiger partial charge in [0.2, 0.25) is 0 Å². The molecule has 0 heterocycles. The van der Waals surface area contributed by atoms with Crippen LogP contribution in [0.2, 0.25) is 0 Å². The van der Waals surface area contributed by atoms with Crippen molar-refractivity contribution in [3.63, 3.8) is 0 Å². The van der Waals surface area contributed by atoms with E-state index in [0.717, 1.165) is 27.6 Å². The monoisotopic (exact) mass is 291 g/mol. The molecule has 17 heavy (non-hydrogen) atoms. The van der Waals surface area contributed by atoms with Crippen LogP contribution in [0.3, 0.4) is 0 Å². The van der Waals surface area contributed by atoms with Crippen molar-refractivity contribution in [1.82, 2.24) is 0 Å². The Morgan fingerprint density at radius 1 is 1.06 bits per heavy atom. The predicted molar refractivity (Wildman–Crippen MR) is 74.0 cm³/mol. The molecule has 0 atom stereocenters. The summed E-state index contributed by atoms with van der Waals surface area (Å²) < 4.78 is 0.972. The van der Waals surface area contributed by atoms with Gasteiger partial charge in [0.1, 0.15) is 5.75 Å². The van der Waals surface area contributed by atoms with Crippen molar-refractivity contribution in [3.8, 4) is 16.9 Å². The van der Waals surface area contributed by atoms with Crippen molar-refractivity contribution in [2.24, 2.45) is 5.73 Å². The topological polar surface area (TPSA) is 46.2 Å². The molecule has 0 saturated carbocycles. The summed E-state index contributed by atoms with van der Waals surface area (Å²) in [5, 5.41) is 9.93. The minimum atomic E-state index is 0.290. The highest BCUT2D eigenvalue weighted by atomic mass is 79.9. The summed E-state index contributed by atoms with van der Waals surface area (Å²) in [5.74, 6) is 0.290. The minimum Gasteiger partial charge on any atom is -0.507 e. The van der Waals surface area contributed by atoms with E-state index in [2.05, 4.69) is 15.9 Å². The highest BCUT2D eigenvalue weighted by Gasteiger charge is 2.08. The first-order chi connectivity index (χ1) is 8.22. The number of hydrogen-bond donors (Lipinski definition) is 2. The summed E-state index contributed by atoms with van der Waals surface area (Å²) in [5.41, 5.74) is 8.51. The zero-order valence-corrected chi connectivity index (χ0v) is 10.9. The lowest BCUT2D eigenvalue weighted by Crippen LogP contribution is -2.02. The molecule has 88 valence electrons. The molecule has 0 fully saturated rings. The van der Waals surface area contributed by atoms with Crippen molar-refractivity contribution in [1.29, 1.82) is 0 Å². The molecular weight excluding hydrogens is 278 g/mol. The van der Waals surface area contributed by atoms with E-state index in [-0.39, 0.29) is 5.75 Å². The van der Waals surface area contributed by atoms with Gasteiger partial charge in [-0.25, -0.2) is 0 Å². The molecule has 0 saturated heterocycles. The number of phenols is 1. The second-order valence-electron chi connectivity index (χ2n) is 3.87. The Bertz CT molecular complexity index is 525. The lowest BCUT2D eigenvalue weighted by Gasteiger charge is -2.09. The second kappa shape index (κ2) is 5.34. The average molecular weight is 292 g/mol. The molecular formula is C14H14BrNO. The molecule has 2 rings (SSSR count). The van der Waals surface area contributed by atoms with Crippen LogP contribution in [0.15, 0.2) is 46.9 Å². The van der Waals surface area contributed by atoms with Crippen molar-refractivity contribution in [3.05, 3.63) is 52.5 Å².